The Hall–Kier alpha value is -3.92. The van der Waals surface area contributed by atoms with Crippen LogP contribution in [0.2, 0.25) is 5.02 Å². The lowest BCUT2D eigenvalue weighted by atomic mass is 10.0. The average Bonchev–Trinajstić information content (AvgIpc) is 3.23. The third-order valence-corrected chi connectivity index (χ3v) is 4.92. The van der Waals surface area contributed by atoms with Crippen LogP contribution in [0.3, 0.4) is 0 Å². The molecule has 4 rings (SSSR count). The summed E-state index contributed by atoms with van der Waals surface area (Å²) in [5.41, 5.74) is -0.212. The second-order valence-electron chi connectivity index (χ2n) is 6.90. The maximum atomic E-state index is 13.9. The van der Waals surface area contributed by atoms with E-state index in [9.17, 15) is 18.0 Å². The molecule has 3 heterocycles. The van der Waals surface area contributed by atoms with Gasteiger partial charge in [0.1, 0.15) is 0 Å². The van der Waals surface area contributed by atoms with E-state index in [2.05, 4.69) is 25.7 Å². The van der Waals surface area contributed by atoms with E-state index in [1.165, 1.54) is 24.3 Å². The zero-order valence-corrected chi connectivity index (χ0v) is 17.5. The summed E-state index contributed by atoms with van der Waals surface area (Å²) < 4.78 is 42.3. The topological polar surface area (TPSA) is 84.7 Å². The number of amides is 2. The van der Waals surface area contributed by atoms with Gasteiger partial charge in [0.15, 0.2) is 5.69 Å². The highest BCUT2D eigenvalue weighted by molar-refractivity contribution is 6.30. The number of hydrogen-bond donors (Lipinski definition) is 2. The van der Waals surface area contributed by atoms with E-state index in [4.69, 9.17) is 11.6 Å². The van der Waals surface area contributed by atoms with Crippen molar-refractivity contribution in [1.29, 1.82) is 0 Å². The first kappa shape index (κ1) is 22.3. The standard InChI is InChI=1S/C22H16ClF3N6O/c23-16-5-7-17(8-6-16)32-20(22(24,25)26)18(13-29-32)30-21(33)31-19(14-3-1-9-27-11-14)15-4-2-10-28-12-15/h1-13,19H,(H2,30,31,33). The van der Waals surface area contributed by atoms with Crippen LogP contribution < -0.4 is 10.6 Å². The van der Waals surface area contributed by atoms with Crippen LogP contribution in [0.4, 0.5) is 23.7 Å². The second kappa shape index (κ2) is 9.29. The van der Waals surface area contributed by atoms with Crippen LogP contribution in [0.15, 0.2) is 79.5 Å². The SMILES string of the molecule is O=C(Nc1cnn(-c2ccc(Cl)cc2)c1C(F)(F)F)NC(c1cccnc1)c1cccnc1. The normalized spacial score (nSPS) is 11.4. The molecule has 0 saturated carbocycles. The van der Waals surface area contributed by atoms with Crippen LogP contribution in [0.5, 0.6) is 0 Å². The van der Waals surface area contributed by atoms with Crippen LogP contribution in [0, 0.1) is 0 Å². The number of rotatable bonds is 5. The molecule has 0 saturated heterocycles. The predicted molar refractivity (Wildman–Crippen MR) is 116 cm³/mol. The van der Waals surface area contributed by atoms with Crippen LogP contribution in [-0.4, -0.2) is 25.8 Å². The summed E-state index contributed by atoms with van der Waals surface area (Å²) in [6.45, 7) is 0. The number of carbonyl (C=O) groups is 1. The summed E-state index contributed by atoms with van der Waals surface area (Å²) >= 11 is 5.83. The van der Waals surface area contributed by atoms with Gasteiger partial charge in [-0.05, 0) is 47.5 Å². The Kier molecular flexibility index (Phi) is 6.27. The van der Waals surface area contributed by atoms with Gasteiger partial charge >= 0.3 is 12.2 Å². The Morgan fingerprint density at radius 3 is 2.06 bits per heavy atom. The van der Waals surface area contributed by atoms with E-state index in [0.717, 1.165) is 6.20 Å². The Bertz CT molecular complexity index is 1190. The molecule has 1 aromatic carbocycles. The molecule has 0 aliphatic carbocycles. The molecular formula is C22H16ClF3N6O. The number of halogens is 4. The lowest BCUT2D eigenvalue weighted by Gasteiger charge is -2.20. The lowest BCUT2D eigenvalue weighted by Crippen LogP contribution is -2.34. The fourth-order valence-electron chi connectivity index (χ4n) is 3.23. The van der Waals surface area contributed by atoms with Gasteiger partial charge in [0, 0.05) is 29.8 Å². The first-order chi connectivity index (χ1) is 15.8. The molecule has 2 N–H and O–H groups in total. The van der Waals surface area contributed by atoms with Crippen molar-refractivity contribution in [2.75, 3.05) is 5.32 Å². The molecule has 0 bridgehead atoms. The summed E-state index contributed by atoms with van der Waals surface area (Å²) in [4.78, 5) is 20.9. The van der Waals surface area contributed by atoms with Gasteiger partial charge in [0.2, 0.25) is 0 Å². The first-order valence-corrected chi connectivity index (χ1v) is 9.99. The van der Waals surface area contributed by atoms with Crippen molar-refractivity contribution in [2.45, 2.75) is 12.2 Å². The minimum absolute atomic E-state index is 0.142. The number of benzene rings is 1. The summed E-state index contributed by atoms with van der Waals surface area (Å²) in [6.07, 6.45) is 2.41. The van der Waals surface area contributed by atoms with Crippen molar-refractivity contribution in [2.24, 2.45) is 0 Å². The van der Waals surface area contributed by atoms with E-state index in [1.807, 2.05) is 0 Å². The maximum Gasteiger partial charge on any atom is 0.435 e. The van der Waals surface area contributed by atoms with Gasteiger partial charge in [-0.25, -0.2) is 9.48 Å². The van der Waals surface area contributed by atoms with Gasteiger partial charge in [-0.1, -0.05) is 23.7 Å². The Balaban J connectivity index is 1.63. The van der Waals surface area contributed by atoms with Crippen molar-refractivity contribution in [3.05, 3.63) is 101 Å². The zero-order valence-electron chi connectivity index (χ0n) is 16.8. The molecule has 168 valence electrons. The molecule has 0 unspecified atom stereocenters. The number of carbonyl (C=O) groups excluding carboxylic acids is 1. The van der Waals surface area contributed by atoms with E-state index in [0.29, 0.717) is 20.8 Å². The molecule has 0 fully saturated rings. The molecule has 3 aromatic heterocycles. The molecule has 33 heavy (non-hydrogen) atoms. The first-order valence-electron chi connectivity index (χ1n) is 9.61. The lowest BCUT2D eigenvalue weighted by molar-refractivity contribution is -0.142. The third-order valence-electron chi connectivity index (χ3n) is 4.67. The number of nitrogens with one attached hydrogen (secondary N) is 2. The summed E-state index contributed by atoms with van der Waals surface area (Å²) in [5, 5.41) is 9.14. The van der Waals surface area contributed by atoms with Crippen molar-refractivity contribution >= 4 is 23.3 Å². The fourth-order valence-corrected chi connectivity index (χ4v) is 3.36. The number of aromatic nitrogens is 4. The summed E-state index contributed by atoms with van der Waals surface area (Å²) in [7, 11) is 0. The highest BCUT2D eigenvalue weighted by Crippen LogP contribution is 2.36. The quantitative estimate of drug-likeness (QED) is 0.415. The zero-order chi connectivity index (χ0) is 23.4. The van der Waals surface area contributed by atoms with E-state index in [-0.39, 0.29) is 5.69 Å². The van der Waals surface area contributed by atoms with Crippen LogP contribution in [0.25, 0.3) is 5.69 Å². The number of urea groups is 1. The molecule has 7 nitrogen and oxygen atoms in total. The minimum atomic E-state index is -4.79. The van der Waals surface area contributed by atoms with Gasteiger partial charge in [-0.15, -0.1) is 0 Å². The summed E-state index contributed by atoms with van der Waals surface area (Å²) in [5.74, 6) is 0. The average molecular weight is 473 g/mol. The van der Waals surface area contributed by atoms with Gasteiger partial charge in [-0.3, -0.25) is 9.97 Å². The van der Waals surface area contributed by atoms with Gasteiger partial charge < -0.3 is 10.6 Å². The highest BCUT2D eigenvalue weighted by Gasteiger charge is 2.39. The number of hydrogen-bond acceptors (Lipinski definition) is 4. The monoisotopic (exact) mass is 472 g/mol. The Morgan fingerprint density at radius 2 is 1.55 bits per heavy atom. The van der Waals surface area contributed by atoms with Crippen LogP contribution >= 0.6 is 11.6 Å². The van der Waals surface area contributed by atoms with Gasteiger partial charge in [0.05, 0.1) is 23.6 Å². The van der Waals surface area contributed by atoms with Crippen molar-refractivity contribution in [3.63, 3.8) is 0 Å². The molecule has 0 atom stereocenters. The molecule has 0 aliphatic rings. The molecule has 11 heteroatoms. The smallest absolute Gasteiger partial charge is 0.327 e. The number of nitrogens with zero attached hydrogens (tertiary/aromatic N) is 4. The van der Waals surface area contributed by atoms with Gasteiger partial charge in [0.25, 0.3) is 0 Å². The second-order valence-corrected chi connectivity index (χ2v) is 7.33. The third kappa shape index (κ3) is 5.12. The highest BCUT2D eigenvalue weighted by atomic mass is 35.5. The molecule has 2 amide bonds. The maximum absolute atomic E-state index is 13.9. The fraction of sp³-hybridized carbons (Fsp3) is 0.0909. The van der Waals surface area contributed by atoms with Crippen LogP contribution in [-0.2, 0) is 6.18 Å². The predicted octanol–water partition coefficient (Wildman–Crippen LogP) is 5.25. The van der Waals surface area contributed by atoms with E-state index < -0.39 is 29.6 Å². The van der Waals surface area contributed by atoms with Gasteiger partial charge in [-0.2, -0.15) is 18.3 Å². The number of alkyl halides is 3. The Morgan fingerprint density at radius 1 is 0.939 bits per heavy atom. The number of pyridine rings is 2. The molecule has 0 aliphatic heterocycles. The van der Waals surface area contributed by atoms with Crippen molar-refractivity contribution in [1.82, 2.24) is 25.1 Å². The largest absolute Gasteiger partial charge is 0.435 e. The van der Waals surface area contributed by atoms with E-state index in [1.54, 1.807) is 49.1 Å². The number of anilines is 1. The van der Waals surface area contributed by atoms with Crippen molar-refractivity contribution < 1.29 is 18.0 Å². The van der Waals surface area contributed by atoms with Crippen molar-refractivity contribution in [3.8, 4) is 5.69 Å². The molecule has 0 spiro atoms. The molecule has 4 aromatic rings. The minimum Gasteiger partial charge on any atom is -0.327 e. The van der Waals surface area contributed by atoms with E-state index >= 15 is 0 Å². The van der Waals surface area contributed by atoms with Crippen LogP contribution in [0.1, 0.15) is 22.9 Å². The summed E-state index contributed by atoms with van der Waals surface area (Å²) in [6, 6.07) is 11.0. The Labute approximate surface area is 191 Å². The molecule has 0 radical (unpaired) electrons. The molecular weight excluding hydrogens is 457 g/mol.